The maximum absolute atomic E-state index is 10.2. The molecule has 0 unspecified atom stereocenters. The predicted molar refractivity (Wildman–Crippen MR) is 84.3 cm³/mol. The quantitative estimate of drug-likeness (QED) is 0.725. The first kappa shape index (κ1) is 13.7. The second-order valence-corrected chi connectivity index (χ2v) is 5.30. The molecule has 104 valence electrons. The first-order valence-electron chi connectivity index (χ1n) is 6.75. The summed E-state index contributed by atoms with van der Waals surface area (Å²) in [6.45, 7) is 0.702. The zero-order valence-electron chi connectivity index (χ0n) is 11.4. The Morgan fingerprint density at radius 2 is 1.57 bits per heavy atom. The molecule has 0 fully saturated rings. The number of pyridine rings is 1. The molecule has 21 heavy (non-hydrogen) atoms. The van der Waals surface area contributed by atoms with E-state index in [1.165, 1.54) is 5.56 Å². The lowest BCUT2D eigenvalue weighted by Crippen LogP contribution is -2.36. The van der Waals surface area contributed by atoms with E-state index in [2.05, 4.69) is 12.1 Å². The van der Waals surface area contributed by atoms with Gasteiger partial charge in [-0.2, -0.15) is 4.57 Å². The van der Waals surface area contributed by atoms with Crippen molar-refractivity contribution in [3.05, 3.63) is 83.5 Å². The van der Waals surface area contributed by atoms with Gasteiger partial charge in [-0.05, 0) is 30.3 Å². The maximum atomic E-state index is 10.2. The van der Waals surface area contributed by atoms with E-state index in [9.17, 15) is 5.11 Å². The van der Waals surface area contributed by atoms with Crippen LogP contribution >= 0.6 is 11.6 Å². The van der Waals surface area contributed by atoms with Gasteiger partial charge in [-0.15, -0.1) is 0 Å². The van der Waals surface area contributed by atoms with Gasteiger partial charge < -0.3 is 5.11 Å². The summed E-state index contributed by atoms with van der Waals surface area (Å²) in [7, 11) is 0. The molecular formula is C18H15ClNO+. The maximum Gasteiger partial charge on any atom is 0.254 e. The highest BCUT2D eigenvalue weighted by atomic mass is 35.5. The monoisotopic (exact) mass is 296 g/mol. The molecule has 0 aliphatic rings. The highest BCUT2D eigenvalue weighted by Crippen LogP contribution is 2.26. The minimum absolute atomic E-state index is 0.260. The fraction of sp³-hybridized carbons (Fsp3) is 0.0556. The Balaban J connectivity index is 2.05. The minimum atomic E-state index is 0.260. The molecule has 3 rings (SSSR count). The minimum Gasteiger partial charge on any atom is -0.502 e. The van der Waals surface area contributed by atoms with Gasteiger partial charge in [-0.3, -0.25) is 0 Å². The fourth-order valence-electron chi connectivity index (χ4n) is 2.37. The van der Waals surface area contributed by atoms with Crippen LogP contribution in [-0.4, -0.2) is 5.11 Å². The third kappa shape index (κ3) is 3.06. The summed E-state index contributed by atoms with van der Waals surface area (Å²) in [6.07, 6.45) is 1.97. The van der Waals surface area contributed by atoms with E-state index in [-0.39, 0.29) is 5.75 Å². The van der Waals surface area contributed by atoms with E-state index in [1.54, 1.807) is 6.07 Å². The van der Waals surface area contributed by atoms with Gasteiger partial charge in [-0.1, -0.05) is 41.9 Å². The molecule has 3 aromatic rings. The first-order chi connectivity index (χ1) is 10.2. The van der Waals surface area contributed by atoms with Gasteiger partial charge in [0.05, 0.1) is 5.56 Å². The van der Waals surface area contributed by atoms with Crippen molar-refractivity contribution < 1.29 is 9.67 Å². The van der Waals surface area contributed by atoms with Crippen molar-refractivity contribution in [2.45, 2.75) is 6.54 Å². The SMILES string of the molecule is Oc1ccc[n+](Cc2ccccc2)c1-c1ccc(Cl)cc1. The number of halogens is 1. The van der Waals surface area contributed by atoms with E-state index in [0.717, 1.165) is 11.3 Å². The Morgan fingerprint density at radius 1 is 0.857 bits per heavy atom. The topological polar surface area (TPSA) is 24.1 Å². The van der Waals surface area contributed by atoms with Crippen LogP contribution in [-0.2, 0) is 6.54 Å². The number of rotatable bonds is 3. The summed E-state index contributed by atoms with van der Waals surface area (Å²) in [6, 6.07) is 21.2. The van der Waals surface area contributed by atoms with Crippen LogP contribution in [0.2, 0.25) is 5.02 Å². The van der Waals surface area contributed by atoms with Gasteiger partial charge in [0.15, 0.2) is 18.5 Å². The smallest absolute Gasteiger partial charge is 0.254 e. The van der Waals surface area contributed by atoms with Crippen molar-refractivity contribution in [2.75, 3.05) is 0 Å². The lowest BCUT2D eigenvalue weighted by Gasteiger charge is -2.06. The second kappa shape index (κ2) is 5.98. The predicted octanol–water partition coefficient (Wildman–Crippen LogP) is 4.05. The molecule has 1 heterocycles. The van der Waals surface area contributed by atoms with Crippen LogP contribution < -0.4 is 4.57 Å². The van der Waals surface area contributed by atoms with Crippen LogP contribution in [0, 0.1) is 0 Å². The molecule has 0 amide bonds. The zero-order valence-corrected chi connectivity index (χ0v) is 12.2. The number of aromatic nitrogens is 1. The van der Waals surface area contributed by atoms with Gasteiger partial charge in [0.25, 0.3) is 5.69 Å². The summed E-state index contributed by atoms with van der Waals surface area (Å²) in [4.78, 5) is 0. The Labute approximate surface area is 128 Å². The lowest BCUT2D eigenvalue weighted by molar-refractivity contribution is -0.677. The fourth-order valence-corrected chi connectivity index (χ4v) is 2.50. The van der Waals surface area contributed by atoms with Gasteiger partial charge in [0.2, 0.25) is 0 Å². The average Bonchev–Trinajstić information content (AvgIpc) is 2.50. The molecule has 0 spiro atoms. The van der Waals surface area contributed by atoms with Crippen LogP contribution in [0.3, 0.4) is 0 Å². The summed E-state index contributed by atoms with van der Waals surface area (Å²) in [5.41, 5.74) is 2.91. The van der Waals surface area contributed by atoms with E-state index in [1.807, 2.05) is 59.3 Å². The van der Waals surface area contributed by atoms with E-state index in [0.29, 0.717) is 11.6 Å². The lowest BCUT2D eigenvalue weighted by atomic mass is 10.1. The normalized spacial score (nSPS) is 10.5. The molecule has 1 N–H and O–H groups in total. The Bertz CT molecular complexity index is 739. The molecule has 0 aliphatic heterocycles. The van der Waals surface area contributed by atoms with Gasteiger partial charge in [0, 0.05) is 16.7 Å². The van der Waals surface area contributed by atoms with Crippen molar-refractivity contribution in [1.82, 2.24) is 0 Å². The second-order valence-electron chi connectivity index (χ2n) is 4.86. The van der Waals surface area contributed by atoms with Crippen LogP contribution in [0.15, 0.2) is 72.9 Å². The average molecular weight is 297 g/mol. The third-order valence-corrected chi connectivity index (χ3v) is 3.62. The molecule has 0 saturated carbocycles. The summed E-state index contributed by atoms with van der Waals surface area (Å²) < 4.78 is 2.04. The van der Waals surface area contributed by atoms with E-state index in [4.69, 9.17) is 11.6 Å². The van der Waals surface area contributed by atoms with Crippen LogP contribution in [0.1, 0.15) is 5.56 Å². The Morgan fingerprint density at radius 3 is 2.29 bits per heavy atom. The number of benzene rings is 2. The molecule has 0 radical (unpaired) electrons. The van der Waals surface area contributed by atoms with Gasteiger partial charge in [-0.25, -0.2) is 0 Å². The third-order valence-electron chi connectivity index (χ3n) is 3.36. The van der Waals surface area contributed by atoms with Crippen LogP contribution in [0.5, 0.6) is 5.75 Å². The Kier molecular flexibility index (Phi) is 3.89. The standard InChI is InChI=1S/C18H14ClNO/c19-16-10-8-15(9-11-16)18-17(21)7-4-12-20(18)13-14-5-2-1-3-6-14/h1-12H,13H2/p+1. The number of aromatic hydroxyl groups is 1. The zero-order chi connectivity index (χ0) is 14.7. The molecular weight excluding hydrogens is 282 g/mol. The first-order valence-corrected chi connectivity index (χ1v) is 7.13. The molecule has 0 saturated heterocycles. The van der Waals surface area contributed by atoms with E-state index < -0.39 is 0 Å². The van der Waals surface area contributed by atoms with E-state index >= 15 is 0 Å². The van der Waals surface area contributed by atoms with Crippen LogP contribution in [0.4, 0.5) is 0 Å². The van der Waals surface area contributed by atoms with Gasteiger partial charge in [0.1, 0.15) is 0 Å². The van der Waals surface area contributed by atoms with Crippen molar-refractivity contribution in [3.8, 4) is 17.0 Å². The Hall–Kier alpha value is -2.32. The summed E-state index contributed by atoms with van der Waals surface area (Å²) >= 11 is 5.94. The van der Waals surface area contributed by atoms with Crippen molar-refractivity contribution >= 4 is 11.6 Å². The molecule has 0 bridgehead atoms. The molecule has 0 aliphatic carbocycles. The molecule has 3 heteroatoms. The van der Waals surface area contributed by atoms with Gasteiger partial charge >= 0.3 is 0 Å². The highest BCUT2D eigenvalue weighted by molar-refractivity contribution is 6.30. The molecule has 1 aromatic heterocycles. The molecule has 2 aromatic carbocycles. The molecule has 2 nitrogen and oxygen atoms in total. The summed E-state index contributed by atoms with van der Waals surface area (Å²) in [5, 5.41) is 10.9. The van der Waals surface area contributed by atoms with Crippen LogP contribution in [0.25, 0.3) is 11.3 Å². The summed E-state index contributed by atoms with van der Waals surface area (Å²) in [5.74, 6) is 0.260. The van der Waals surface area contributed by atoms with Crippen molar-refractivity contribution in [3.63, 3.8) is 0 Å². The number of hydrogen-bond acceptors (Lipinski definition) is 1. The molecule has 0 atom stereocenters. The largest absolute Gasteiger partial charge is 0.502 e. The number of hydrogen-bond donors (Lipinski definition) is 1. The highest BCUT2D eigenvalue weighted by Gasteiger charge is 2.18. The van der Waals surface area contributed by atoms with Crippen molar-refractivity contribution in [2.24, 2.45) is 0 Å². The number of nitrogens with zero attached hydrogens (tertiary/aromatic N) is 1. The van der Waals surface area contributed by atoms with Crippen molar-refractivity contribution in [1.29, 1.82) is 0 Å².